The molecule has 2 heterocycles. The predicted octanol–water partition coefficient (Wildman–Crippen LogP) is 3.78. The normalized spacial score (nSPS) is 15.7. The van der Waals surface area contributed by atoms with Crippen LogP contribution in [0.3, 0.4) is 0 Å². The van der Waals surface area contributed by atoms with E-state index < -0.39 is 16.0 Å². The van der Waals surface area contributed by atoms with Crippen LogP contribution in [0.1, 0.15) is 21.7 Å². The number of halogens is 1. The minimum absolute atomic E-state index is 0.127. The SMILES string of the molecule is COC(=O)c1cc(Br)c(S(=O)(=O)N2CCC=C(c3ccccc3)C2)s1. The van der Waals surface area contributed by atoms with Crippen molar-refractivity contribution in [2.45, 2.75) is 10.6 Å². The molecule has 1 aliphatic rings. The molecule has 25 heavy (non-hydrogen) atoms. The summed E-state index contributed by atoms with van der Waals surface area (Å²) in [5.74, 6) is -0.546. The summed E-state index contributed by atoms with van der Waals surface area (Å²) in [6.45, 7) is 0.723. The third kappa shape index (κ3) is 3.72. The van der Waals surface area contributed by atoms with Crippen LogP contribution in [0, 0.1) is 0 Å². The van der Waals surface area contributed by atoms with Crippen LogP contribution in [0.25, 0.3) is 5.57 Å². The molecule has 0 spiro atoms. The topological polar surface area (TPSA) is 63.7 Å². The Hall–Kier alpha value is -1.48. The van der Waals surface area contributed by atoms with Crippen molar-refractivity contribution in [1.82, 2.24) is 4.31 Å². The van der Waals surface area contributed by atoms with Gasteiger partial charge in [0, 0.05) is 17.6 Å². The standard InChI is InChI=1S/C17H16BrNO4S2/c1-23-16(20)15-10-14(18)17(24-15)25(21,22)19-9-5-8-13(11-19)12-6-3-2-4-7-12/h2-4,6-8,10H,5,9,11H2,1H3. The molecule has 5 nitrogen and oxygen atoms in total. The molecule has 0 bridgehead atoms. The average molecular weight is 442 g/mol. The van der Waals surface area contributed by atoms with Crippen molar-refractivity contribution < 1.29 is 17.9 Å². The van der Waals surface area contributed by atoms with E-state index in [2.05, 4.69) is 26.7 Å². The van der Waals surface area contributed by atoms with Crippen molar-refractivity contribution in [2.75, 3.05) is 20.2 Å². The van der Waals surface area contributed by atoms with Crippen molar-refractivity contribution in [3.63, 3.8) is 0 Å². The maximum atomic E-state index is 13.0. The van der Waals surface area contributed by atoms with Crippen molar-refractivity contribution in [3.05, 3.63) is 57.4 Å². The summed E-state index contributed by atoms with van der Waals surface area (Å²) in [6, 6.07) is 11.2. The van der Waals surface area contributed by atoms with Gasteiger partial charge in [-0.1, -0.05) is 36.4 Å². The highest BCUT2D eigenvalue weighted by Crippen LogP contribution is 2.35. The first-order valence-electron chi connectivity index (χ1n) is 7.55. The largest absolute Gasteiger partial charge is 0.465 e. The second-order valence-corrected chi connectivity index (χ2v) is 9.50. The summed E-state index contributed by atoms with van der Waals surface area (Å²) in [5.41, 5.74) is 2.00. The zero-order valence-corrected chi connectivity index (χ0v) is 16.7. The van der Waals surface area contributed by atoms with E-state index in [1.165, 1.54) is 17.5 Å². The van der Waals surface area contributed by atoms with Gasteiger partial charge >= 0.3 is 5.97 Å². The third-order valence-electron chi connectivity index (χ3n) is 3.88. The maximum Gasteiger partial charge on any atom is 0.348 e. The number of carbonyl (C=O) groups excluding carboxylic acids is 1. The van der Waals surface area contributed by atoms with Gasteiger partial charge in [-0.25, -0.2) is 13.2 Å². The lowest BCUT2D eigenvalue weighted by Gasteiger charge is -2.26. The highest BCUT2D eigenvalue weighted by Gasteiger charge is 2.31. The molecule has 1 aliphatic heterocycles. The van der Waals surface area contributed by atoms with E-state index in [0.717, 1.165) is 22.5 Å². The Morgan fingerprint density at radius 1 is 1.28 bits per heavy atom. The molecular formula is C17H16BrNO4S2. The van der Waals surface area contributed by atoms with Crippen LogP contribution < -0.4 is 0 Å². The average Bonchev–Trinajstić information content (AvgIpc) is 3.04. The van der Waals surface area contributed by atoms with E-state index in [9.17, 15) is 13.2 Å². The second kappa shape index (κ2) is 7.41. The number of sulfonamides is 1. The predicted molar refractivity (Wildman–Crippen MR) is 101 cm³/mol. The van der Waals surface area contributed by atoms with E-state index in [-0.39, 0.29) is 9.09 Å². The van der Waals surface area contributed by atoms with Gasteiger partial charge in [-0.3, -0.25) is 0 Å². The monoisotopic (exact) mass is 441 g/mol. The summed E-state index contributed by atoms with van der Waals surface area (Å²) < 4.78 is 32.7. The van der Waals surface area contributed by atoms with Gasteiger partial charge in [0.25, 0.3) is 10.0 Å². The van der Waals surface area contributed by atoms with Crippen molar-refractivity contribution in [1.29, 1.82) is 0 Å². The number of nitrogens with zero attached hydrogens (tertiary/aromatic N) is 1. The Labute approximate surface area is 159 Å². The summed E-state index contributed by atoms with van der Waals surface area (Å²) in [4.78, 5) is 11.9. The zero-order chi connectivity index (χ0) is 18.0. The van der Waals surface area contributed by atoms with Crippen molar-refractivity contribution in [2.24, 2.45) is 0 Å². The Balaban J connectivity index is 1.90. The lowest BCUT2D eigenvalue weighted by molar-refractivity contribution is 0.0606. The second-order valence-electron chi connectivity index (χ2n) is 5.46. The van der Waals surface area contributed by atoms with E-state index >= 15 is 0 Å². The first-order chi connectivity index (χ1) is 11.9. The molecular weight excluding hydrogens is 426 g/mol. The molecule has 0 amide bonds. The minimum atomic E-state index is -3.70. The molecule has 0 atom stereocenters. The molecule has 0 N–H and O–H groups in total. The van der Waals surface area contributed by atoms with E-state index in [4.69, 9.17) is 0 Å². The Bertz CT molecular complexity index is 919. The third-order valence-corrected chi connectivity index (χ3v) is 8.50. The summed E-state index contributed by atoms with van der Waals surface area (Å²) in [6.07, 6.45) is 2.72. The van der Waals surface area contributed by atoms with E-state index in [1.807, 2.05) is 30.3 Å². The van der Waals surface area contributed by atoms with Crippen LogP contribution in [-0.4, -0.2) is 38.9 Å². The Kier molecular flexibility index (Phi) is 5.43. The van der Waals surface area contributed by atoms with E-state index in [1.54, 1.807) is 0 Å². The smallest absolute Gasteiger partial charge is 0.348 e. The number of rotatable bonds is 4. The Morgan fingerprint density at radius 3 is 2.68 bits per heavy atom. The van der Waals surface area contributed by atoms with Crippen molar-refractivity contribution >= 4 is 48.8 Å². The minimum Gasteiger partial charge on any atom is -0.465 e. The van der Waals surface area contributed by atoms with Crippen molar-refractivity contribution in [3.8, 4) is 0 Å². The van der Waals surface area contributed by atoms with Crippen LogP contribution in [-0.2, 0) is 14.8 Å². The molecule has 0 fully saturated rings. The van der Waals surface area contributed by atoms with Gasteiger partial charge in [-0.05, 0) is 39.6 Å². The fourth-order valence-corrected chi connectivity index (χ4v) is 6.77. The molecule has 2 aromatic rings. The number of ether oxygens (including phenoxy) is 1. The van der Waals surface area contributed by atoms with Crippen LogP contribution in [0.15, 0.2) is 51.2 Å². The molecule has 0 saturated carbocycles. The molecule has 0 saturated heterocycles. The number of hydrogen-bond acceptors (Lipinski definition) is 5. The van der Waals surface area contributed by atoms with Gasteiger partial charge in [0.2, 0.25) is 0 Å². The molecule has 0 radical (unpaired) electrons. The van der Waals surface area contributed by atoms with Gasteiger partial charge in [-0.2, -0.15) is 4.31 Å². The molecule has 0 aliphatic carbocycles. The lowest BCUT2D eigenvalue weighted by atomic mass is 10.0. The highest BCUT2D eigenvalue weighted by molar-refractivity contribution is 9.10. The number of methoxy groups -OCH3 is 1. The Morgan fingerprint density at radius 2 is 2.00 bits per heavy atom. The lowest BCUT2D eigenvalue weighted by Crippen LogP contribution is -2.35. The molecule has 0 unspecified atom stereocenters. The first kappa shape index (κ1) is 18.3. The molecule has 1 aromatic heterocycles. The van der Waals surface area contributed by atoms with Gasteiger partial charge in [-0.15, -0.1) is 11.3 Å². The number of carbonyl (C=O) groups is 1. The fraction of sp³-hybridized carbons (Fsp3) is 0.235. The van der Waals surface area contributed by atoms with Crippen LogP contribution in [0.4, 0.5) is 0 Å². The van der Waals surface area contributed by atoms with Crippen LogP contribution in [0.5, 0.6) is 0 Å². The summed E-state index contributed by atoms with van der Waals surface area (Å²) in [7, 11) is -2.43. The number of thiophene rings is 1. The molecule has 3 rings (SSSR count). The number of hydrogen-bond donors (Lipinski definition) is 0. The van der Waals surface area contributed by atoms with Crippen LogP contribution >= 0.6 is 27.3 Å². The highest BCUT2D eigenvalue weighted by atomic mass is 79.9. The summed E-state index contributed by atoms with van der Waals surface area (Å²) in [5, 5.41) is 0. The van der Waals surface area contributed by atoms with Gasteiger partial charge < -0.3 is 4.74 Å². The van der Waals surface area contributed by atoms with Crippen LogP contribution in [0.2, 0.25) is 0 Å². The molecule has 132 valence electrons. The molecule has 1 aromatic carbocycles. The maximum absolute atomic E-state index is 13.0. The van der Waals surface area contributed by atoms with Gasteiger partial charge in [0.1, 0.15) is 9.09 Å². The van der Waals surface area contributed by atoms with Gasteiger partial charge in [0.15, 0.2) is 0 Å². The molecule has 8 heteroatoms. The van der Waals surface area contributed by atoms with Gasteiger partial charge in [0.05, 0.1) is 7.11 Å². The quantitative estimate of drug-likeness (QED) is 0.677. The van der Waals surface area contributed by atoms with E-state index in [0.29, 0.717) is 24.0 Å². The fourth-order valence-electron chi connectivity index (χ4n) is 2.63. The first-order valence-corrected chi connectivity index (χ1v) is 10.6. The number of esters is 1. The summed E-state index contributed by atoms with van der Waals surface area (Å²) >= 11 is 4.18. The number of benzene rings is 1. The zero-order valence-electron chi connectivity index (χ0n) is 13.4.